The van der Waals surface area contributed by atoms with Crippen LogP contribution >= 0.6 is 11.8 Å². The minimum Gasteiger partial charge on any atom is -0.375 e. The molecule has 1 heterocycles. The van der Waals surface area contributed by atoms with Crippen molar-refractivity contribution in [3.8, 4) is 0 Å². The zero-order valence-corrected chi connectivity index (χ0v) is 16.5. The number of benzene rings is 1. The molecule has 0 atom stereocenters. The molecule has 3 amide bonds. The molecule has 144 valence electrons. The van der Waals surface area contributed by atoms with E-state index in [1.165, 1.54) is 7.11 Å². The van der Waals surface area contributed by atoms with E-state index in [4.69, 9.17) is 4.74 Å². The number of hydrogen-bond acceptors (Lipinski definition) is 5. The molecule has 0 bridgehead atoms. The molecule has 2 rings (SSSR count). The summed E-state index contributed by atoms with van der Waals surface area (Å²) < 4.78 is 4.83. The molecule has 0 aromatic heterocycles. The van der Waals surface area contributed by atoms with Crippen molar-refractivity contribution in [3.63, 3.8) is 0 Å². The minimum atomic E-state index is -0.222. The number of hydrogen-bond donors (Lipinski definition) is 2. The minimum absolute atomic E-state index is 0.00313. The number of anilines is 2. The maximum Gasteiger partial charge on any atom is 0.321 e. The molecule has 0 radical (unpaired) electrons. The Morgan fingerprint density at radius 3 is 2.42 bits per heavy atom. The fourth-order valence-electron chi connectivity index (χ4n) is 2.81. The van der Waals surface area contributed by atoms with Crippen molar-refractivity contribution in [1.29, 1.82) is 0 Å². The van der Waals surface area contributed by atoms with Gasteiger partial charge in [-0.3, -0.25) is 9.69 Å². The predicted octanol–water partition coefficient (Wildman–Crippen LogP) is 2.09. The molecule has 1 aliphatic rings. The Hall–Kier alpha value is -1.77. The van der Waals surface area contributed by atoms with Gasteiger partial charge in [-0.25, -0.2) is 4.79 Å². The Balaban J connectivity index is 1.92. The van der Waals surface area contributed by atoms with Gasteiger partial charge in [-0.1, -0.05) is 6.07 Å². The Morgan fingerprint density at radius 2 is 1.81 bits per heavy atom. The molecule has 0 saturated carbocycles. The van der Waals surface area contributed by atoms with Gasteiger partial charge in [0.1, 0.15) is 6.61 Å². The van der Waals surface area contributed by atoms with Gasteiger partial charge < -0.3 is 20.3 Å². The van der Waals surface area contributed by atoms with Gasteiger partial charge in [-0.15, -0.1) is 0 Å². The number of ether oxygens (including phenoxy) is 1. The lowest BCUT2D eigenvalue weighted by Gasteiger charge is -2.34. The number of thioether (sulfide) groups is 1. The Morgan fingerprint density at radius 1 is 1.15 bits per heavy atom. The third-order valence-electron chi connectivity index (χ3n) is 4.40. The number of rotatable bonds is 7. The van der Waals surface area contributed by atoms with E-state index in [-0.39, 0.29) is 18.5 Å². The van der Waals surface area contributed by atoms with Crippen LogP contribution < -0.4 is 10.6 Å². The molecule has 0 aliphatic carbocycles. The highest BCUT2D eigenvalue weighted by Gasteiger charge is 2.21. The van der Waals surface area contributed by atoms with Crippen LogP contribution in [0.1, 0.15) is 5.56 Å². The molecule has 2 N–H and O–H groups in total. The lowest BCUT2D eigenvalue weighted by Crippen LogP contribution is -2.50. The van der Waals surface area contributed by atoms with E-state index in [1.54, 1.807) is 0 Å². The van der Waals surface area contributed by atoms with E-state index in [0.29, 0.717) is 11.4 Å². The summed E-state index contributed by atoms with van der Waals surface area (Å²) in [6, 6.07) is 5.36. The van der Waals surface area contributed by atoms with Crippen molar-refractivity contribution in [2.45, 2.75) is 6.92 Å². The van der Waals surface area contributed by atoms with Gasteiger partial charge in [-0.2, -0.15) is 11.8 Å². The van der Waals surface area contributed by atoms with Crippen molar-refractivity contribution in [2.75, 3.05) is 69.1 Å². The summed E-state index contributed by atoms with van der Waals surface area (Å²) in [5.74, 6) is 0.896. The maximum atomic E-state index is 12.6. The number of methoxy groups -OCH3 is 1. The van der Waals surface area contributed by atoms with Crippen LogP contribution in [0.25, 0.3) is 0 Å². The number of carbonyl (C=O) groups is 2. The predicted molar refractivity (Wildman–Crippen MR) is 107 cm³/mol. The second-order valence-electron chi connectivity index (χ2n) is 6.21. The summed E-state index contributed by atoms with van der Waals surface area (Å²) in [5, 5.41) is 5.76. The maximum absolute atomic E-state index is 12.6. The summed E-state index contributed by atoms with van der Waals surface area (Å²) in [5.41, 5.74) is 2.20. The van der Waals surface area contributed by atoms with Crippen LogP contribution in [0.3, 0.4) is 0 Å². The SMILES string of the molecule is COCC(=O)Nc1cccc(NC(=O)N2CCN(CCSC)CC2)c1C. The molecule has 1 aliphatic heterocycles. The van der Waals surface area contributed by atoms with Crippen LogP contribution in [-0.2, 0) is 9.53 Å². The van der Waals surface area contributed by atoms with Gasteiger partial charge in [0.2, 0.25) is 5.91 Å². The van der Waals surface area contributed by atoms with Crippen molar-refractivity contribution in [2.24, 2.45) is 0 Å². The smallest absolute Gasteiger partial charge is 0.321 e. The number of nitrogens with one attached hydrogen (secondary N) is 2. The summed E-state index contributed by atoms with van der Waals surface area (Å²) in [6.07, 6.45) is 2.11. The summed E-state index contributed by atoms with van der Waals surface area (Å²) in [7, 11) is 1.48. The number of piperazine rings is 1. The molecule has 7 nitrogen and oxygen atoms in total. The van der Waals surface area contributed by atoms with Gasteiger partial charge in [-0.05, 0) is 30.9 Å². The first-order valence-corrected chi connectivity index (χ1v) is 10.1. The molecule has 0 unspecified atom stereocenters. The Labute approximate surface area is 159 Å². The molecule has 1 fully saturated rings. The normalized spacial score (nSPS) is 15.0. The molecule has 1 aromatic rings. The molecule has 1 aromatic carbocycles. The van der Waals surface area contributed by atoms with E-state index in [1.807, 2.05) is 41.8 Å². The average molecular weight is 381 g/mol. The molecule has 26 heavy (non-hydrogen) atoms. The van der Waals surface area contributed by atoms with Crippen LogP contribution in [0, 0.1) is 6.92 Å². The fraction of sp³-hybridized carbons (Fsp3) is 0.556. The van der Waals surface area contributed by atoms with Gasteiger partial charge in [0.05, 0.1) is 0 Å². The lowest BCUT2D eigenvalue weighted by atomic mass is 10.1. The van der Waals surface area contributed by atoms with Crippen LogP contribution in [0.2, 0.25) is 0 Å². The lowest BCUT2D eigenvalue weighted by molar-refractivity contribution is -0.119. The van der Waals surface area contributed by atoms with E-state index >= 15 is 0 Å². The van der Waals surface area contributed by atoms with Crippen molar-refractivity contribution in [3.05, 3.63) is 23.8 Å². The first-order chi connectivity index (χ1) is 12.5. The third-order valence-corrected chi connectivity index (χ3v) is 4.99. The zero-order valence-electron chi connectivity index (χ0n) is 15.7. The zero-order chi connectivity index (χ0) is 18.9. The van der Waals surface area contributed by atoms with Crippen LogP contribution in [-0.4, -0.2) is 80.2 Å². The summed E-state index contributed by atoms with van der Waals surface area (Å²) in [6.45, 7) is 6.20. The second-order valence-corrected chi connectivity index (χ2v) is 7.20. The van der Waals surface area contributed by atoms with E-state index < -0.39 is 0 Å². The largest absolute Gasteiger partial charge is 0.375 e. The number of carbonyl (C=O) groups excluding carboxylic acids is 2. The van der Waals surface area contributed by atoms with E-state index in [9.17, 15) is 9.59 Å². The van der Waals surface area contributed by atoms with Crippen LogP contribution in [0.15, 0.2) is 18.2 Å². The molecular formula is C18H28N4O3S. The molecule has 8 heteroatoms. The summed E-state index contributed by atoms with van der Waals surface area (Å²) >= 11 is 1.84. The number of urea groups is 1. The molecular weight excluding hydrogens is 352 g/mol. The fourth-order valence-corrected chi connectivity index (χ4v) is 3.25. The first kappa shape index (κ1) is 20.5. The van der Waals surface area contributed by atoms with Gasteiger partial charge in [0.25, 0.3) is 0 Å². The standard InChI is InChI=1S/C18H28N4O3S/c1-14-15(19-17(23)13-25-2)5-4-6-16(14)20-18(24)22-9-7-21(8-10-22)11-12-26-3/h4-6H,7-13H2,1-3H3,(H,19,23)(H,20,24). The first-order valence-electron chi connectivity index (χ1n) is 8.70. The molecule has 0 spiro atoms. The van der Waals surface area contributed by atoms with E-state index in [0.717, 1.165) is 44.0 Å². The Kier molecular flexibility index (Phi) is 8.21. The van der Waals surface area contributed by atoms with Gasteiger partial charge >= 0.3 is 6.03 Å². The van der Waals surface area contributed by atoms with Gasteiger partial charge in [0, 0.05) is 57.0 Å². The highest BCUT2D eigenvalue weighted by Crippen LogP contribution is 2.23. The average Bonchev–Trinajstić information content (AvgIpc) is 2.64. The monoisotopic (exact) mass is 380 g/mol. The second kappa shape index (κ2) is 10.4. The van der Waals surface area contributed by atoms with Crippen molar-refractivity contribution >= 4 is 35.1 Å². The summed E-state index contributed by atoms with van der Waals surface area (Å²) in [4.78, 5) is 28.5. The highest BCUT2D eigenvalue weighted by molar-refractivity contribution is 7.98. The highest BCUT2D eigenvalue weighted by atomic mass is 32.2. The molecule has 1 saturated heterocycles. The van der Waals surface area contributed by atoms with Crippen LogP contribution in [0.4, 0.5) is 16.2 Å². The third kappa shape index (κ3) is 5.89. The van der Waals surface area contributed by atoms with Crippen LogP contribution in [0.5, 0.6) is 0 Å². The van der Waals surface area contributed by atoms with Crippen molar-refractivity contribution in [1.82, 2.24) is 9.80 Å². The van der Waals surface area contributed by atoms with E-state index in [2.05, 4.69) is 21.8 Å². The van der Waals surface area contributed by atoms with Crippen molar-refractivity contribution < 1.29 is 14.3 Å². The topological polar surface area (TPSA) is 73.9 Å². The Bertz CT molecular complexity index is 618. The number of nitrogens with zero attached hydrogens (tertiary/aromatic N) is 2. The quantitative estimate of drug-likeness (QED) is 0.758. The number of amides is 3. The van der Waals surface area contributed by atoms with Gasteiger partial charge in [0.15, 0.2) is 0 Å².